The van der Waals surface area contributed by atoms with Gasteiger partial charge in [0.25, 0.3) is 5.69 Å². The average molecular weight is 244 g/mol. The highest BCUT2D eigenvalue weighted by Crippen LogP contribution is 2.15. The lowest BCUT2D eigenvalue weighted by molar-refractivity contribution is -0.386. The molecule has 0 atom stereocenters. The molecule has 1 aliphatic carbocycles. The lowest BCUT2D eigenvalue weighted by Gasteiger charge is -2.06. The van der Waals surface area contributed by atoms with E-state index in [9.17, 15) is 10.1 Å². The van der Waals surface area contributed by atoms with Gasteiger partial charge in [-0.15, -0.1) is 0 Å². The zero-order valence-electron chi connectivity index (χ0n) is 10.6. The van der Waals surface area contributed by atoms with E-state index in [1.165, 1.54) is 0 Å². The summed E-state index contributed by atoms with van der Waals surface area (Å²) in [6.07, 6.45) is 9.44. The normalized spacial score (nSPS) is 13.7. The van der Waals surface area contributed by atoms with Gasteiger partial charge in [-0.05, 0) is 36.4 Å². The second-order valence-corrected chi connectivity index (χ2v) is 4.53. The number of nitro benzene ring substituents is 1. The van der Waals surface area contributed by atoms with Crippen LogP contribution < -0.4 is 10.4 Å². The topological polar surface area (TPSA) is 46.4 Å². The molecule has 2 rings (SSSR count). The van der Waals surface area contributed by atoms with Crippen LogP contribution >= 0.6 is 0 Å². The Balaban J connectivity index is 2.66. The van der Waals surface area contributed by atoms with Crippen LogP contribution in [0.1, 0.15) is 18.4 Å². The van der Waals surface area contributed by atoms with Crippen molar-refractivity contribution in [1.82, 2.24) is 4.90 Å². The fourth-order valence-corrected chi connectivity index (χ4v) is 2.07. The minimum Gasteiger partial charge on any atom is -0.383 e. The van der Waals surface area contributed by atoms with E-state index < -0.39 is 0 Å². The Labute approximate surface area is 106 Å². The summed E-state index contributed by atoms with van der Waals surface area (Å²) in [4.78, 5) is 12.8. The quantitative estimate of drug-likeness (QED) is 0.597. The smallest absolute Gasteiger partial charge is 0.284 e. The lowest BCUT2D eigenvalue weighted by atomic mass is 10.0. The fourth-order valence-electron chi connectivity index (χ4n) is 2.07. The fraction of sp³-hybridized carbons (Fsp3) is 0.286. The number of hydrogen-bond donors (Lipinski definition) is 0. The molecular formula is C14H16N2O2. The van der Waals surface area contributed by atoms with E-state index in [0.717, 1.165) is 23.3 Å². The molecule has 0 saturated carbocycles. The van der Waals surface area contributed by atoms with E-state index in [1.807, 2.05) is 43.4 Å². The molecule has 0 heterocycles. The third kappa shape index (κ3) is 2.42. The molecule has 18 heavy (non-hydrogen) atoms. The first-order chi connectivity index (χ1) is 8.59. The van der Waals surface area contributed by atoms with Gasteiger partial charge < -0.3 is 4.90 Å². The van der Waals surface area contributed by atoms with Crippen LogP contribution in [0, 0.1) is 10.1 Å². The summed E-state index contributed by atoms with van der Waals surface area (Å²) in [5.74, 6) is 0. The summed E-state index contributed by atoms with van der Waals surface area (Å²) in [5.41, 5.74) is 0.862. The first-order valence-corrected chi connectivity index (χ1v) is 5.92. The maximum Gasteiger partial charge on any atom is 0.284 e. The average Bonchev–Trinajstić information content (AvgIpc) is 2.35. The van der Waals surface area contributed by atoms with Crippen molar-refractivity contribution in [3.8, 4) is 0 Å². The summed E-state index contributed by atoms with van der Waals surface area (Å²) in [7, 11) is 3.78. The molecule has 0 fully saturated rings. The SMILES string of the molecule is CN(C)/C=C/c1ccc2c(c1[N+](=O)[O-])=CCCC=2. The Bertz CT molecular complexity index is 615. The Morgan fingerprint density at radius 2 is 2.00 bits per heavy atom. The first kappa shape index (κ1) is 12.4. The van der Waals surface area contributed by atoms with Crippen molar-refractivity contribution >= 4 is 23.9 Å². The minimum absolute atomic E-state index is 0.210. The van der Waals surface area contributed by atoms with E-state index in [4.69, 9.17) is 0 Å². The van der Waals surface area contributed by atoms with Gasteiger partial charge in [0.1, 0.15) is 0 Å². The van der Waals surface area contributed by atoms with E-state index in [0.29, 0.717) is 5.56 Å². The van der Waals surface area contributed by atoms with Gasteiger partial charge in [-0.1, -0.05) is 18.2 Å². The Morgan fingerprint density at radius 3 is 2.67 bits per heavy atom. The van der Waals surface area contributed by atoms with E-state index in [-0.39, 0.29) is 10.6 Å². The summed E-state index contributed by atoms with van der Waals surface area (Å²) in [5, 5.41) is 13.0. The molecule has 1 aromatic rings. The second-order valence-electron chi connectivity index (χ2n) is 4.53. The van der Waals surface area contributed by atoms with Crippen LogP contribution in [0.25, 0.3) is 18.2 Å². The summed E-state index contributed by atoms with van der Waals surface area (Å²) >= 11 is 0. The molecule has 0 radical (unpaired) electrons. The minimum atomic E-state index is -0.288. The molecule has 0 aromatic heterocycles. The highest BCUT2D eigenvalue weighted by atomic mass is 16.6. The van der Waals surface area contributed by atoms with Gasteiger partial charge in [0, 0.05) is 14.1 Å². The Morgan fingerprint density at radius 1 is 1.28 bits per heavy atom. The second kappa shape index (κ2) is 5.04. The predicted octanol–water partition coefficient (Wildman–Crippen LogP) is 1.48. The molecular weight excluding hydrogens is 228 g/mol. The summed E-state index contributed by atoms with van der Waals surface area (Å²) in [6, 6.07) is 3.76. The third-order valence-electron chi connectivity index (χ3n) is 2.90. The van der Waals surface area contributed by atoms with Crippen LogP contribution in [-0.4, -0.2) is 23.9 Å². The molecule has 0 unspecified atom stereocenters. The largest absolute Gasteiger partial charge is 0.383 e. The van der Waals surface area contributed by atoms with Crippen LogP contribution in [-0.2, 0) is 0 Å². The maximum atomic E-state index is 11.3. The highest BCUT2D eigenvalue weighted by Gasteiger charge is 2.15. The van der Waals surface area contributed by atoms with Crippen molar-refractivity contribution in [2.45, 2.75) is 12.8 Å². The van der Waals surface area contributed by atoms with Gasteiger partial charge in [0.2, 0.25) is 0 Å². The van der Waals surface area contributed by atoms with Gasteiger partial charge in [-0.2, -0.15) is 0 Å². The van der Waals surface area contributed by atoms with Gasteiger partial charge in [0.05, 0.1) is 15.7 Å². The van der Waals surface area contributed by atoms with Crippen molar-refractivity contribution in [2.24, 2.45) is 0 Å². The van der Waals surface area contributed by atoms with Crippen molar-refractivity contribution in [1.29, 1.82) is 0 Å². The molecule has 1 aliphatic rings. The van der Waals surface area contributed by atoms with Crippen LogP contribution in [0.15, 0.2) is 18.3 Å². The lowest BCUT2D eigenvalue weighted by Crippen LogP contribution is -2.29. The van der Waals surface area contributed by atoms with Crippen LogP contribution in [0.4, 0.5) is 5.69 Å². The summed E-state index contributed by atoms with van der Waals surface area (Å²) < 4.78 is 0. The molecule has 94 valence electrons. The van der Waals surface area contributed by atoms with Crippen LogP contribution in [0.5, 0.6) is 0 Å². The zero-order chi connectivity index (χ0) is 13.1. The molecule has 4 nitrogen and oxygen atoms in total. The number of nitro groups is 1. The van der Waals surface area contributed by atoms with Crippen LogP contribution in [0.2, 0.25) is 0 Å². The van der Waals surface area contributed by atoms with E-state index in [1.54, 1.807) is 6.08 Å². The zero-order valence-corrected chi connectivity index (χ0v) is 10.6. The number of benzene rings is 1. The van der Waals surface area contributed by atoms with Crippen molar-refractivity contribution in [3.05, 3.63) is 44.4 Å². The first-order valence-electron chi connectivity index (χ1n) is 5.92. The predicted molar refractivity (Wildman–Crippen MR) is 73.2 cm³/mol. The molecule has 0 bridgehead atoms. The highest BCUT2D eigenvalue weighted by molar-refractivity contribution is 5.63. The molecule has 4 heteroatoms. The standard InChI is InChI=1S/C14H16N2O2/c1-15(2)10-9-12-8-7-11-5-3-4-6-13(11)14(12)16(17)18/h5-10H,3-4H2,1-2H3/b10-9+. The number of hydrogen-bond acceptors (Lipinski definition) is 3. The molecule has 0 amide bonds. The maximum absolute atomic E-state index is 11.3. The molecule has 0 saturated heterocycles. The van der Waals surface area contributed by atoms with Gasteiger partial charge in [0.15, 0.2) is 0 Å². The van der Waals surface area contributed by atoms with Gasteiger partial charge >= 0.3 is 0 Å². The molecule has 0 aliphatic heterocycles. The van der Waals surface area contributed by atoms with Gasteiger partial charge in [-0.25, -0.2) is 0 Å². The summed E-state index contributed by atoms with van der Waals surface area (Å²) in [6.45, 7) is 0. The van der Waals surface area contributed by atoms with Crippen molar-refractivity contribution in [2.75, 3.05) is 14.1 Å². The van der Waals surface area contributed by atoms with Crippen molar-refractivity contribution in [3.63, 3.8) is 0 Å². The van der Waals surface area contributed by atoms with Crippen molar-refractivity contribution < 1.29 is 4.92 Å². The van der Waals surface area contributed by atoms with E-state index >= 15 is 0 Å². The Kier molecular flexibility index (Phi) is 3.46. The van der Waals surface area contributed by atoms with Gasteiger partial charge in [-0.3, -0.25) is 10.1 Å². The van der Waals surface area contributed by atoms with E-state index in [2.05, 4.69) is 6.08 Å². The monoisotopic (exact) mass is 244 g/mol. The number of fused-ring (bicyclic) bond motifs is 1. The third-order valence-corrected chi connectivity index (χ3v) is 2.90. The molecule has 0 spiro atoms. The Hall–Kier alpha value is -2.10. The number of rotatable bonds is 3. The van der Waals surface area contributed by atoms with Crippen LogP contribution in [0.3, 0.4) is 0 Å². The number of nitrogens with zero attached hydrogens (tertiary/aromatic N) is 2. The molecule has 0 N–H and O–H groups in total. The molecule has 1 aromatic carbocycles.